The third-order valence-electron chi connectivity index (χ3n) is 2.54. The van der Waals surface area contributed by atoms with Crippen molar-refractivity contribution in [2.45, 2.75) is 6.92 Å². The van der Waals surface area contributed by atoms with Gasteiger partial charge in [0.25, 0.3) is 0 Å². The molecule has 1 heterocycles. The van der Waals surface area contributed by atoms with Gasteiger partial charge in [0.15, 0.2) is 5.69 Å². The molecule has 0 fully saturated rings. The predicted octanol–water partition coefficient (Wildman–Crippen LogP) is 2.31. The van der Waals surface area contributed by atoms with Crippen LogP contribution in [0.3, 0.4) is 0 Å². The Bertz CT molecular complexity index is 607. The van der Waals surface area contributed by atoms with E-state index >= 15 is 0 Å². The summed E-state index contributed by atoms with van der Waals surface area (Å²) in [5, 5.41) is 0. The minimum absolute atomic E-state index is 0.117. The Morgan fingerprint density at radius 1 is 1.50 bits per heavy atom. The van der Waals surface area contributed by atoms with Crippen LogP contribution in [-0.4, -0.2) is 22.6 Å². The number of methoxy groups -OCH3 is 1. The van der Waals surface area contributed by atoms with E-state index in [0.717, 1.165) is 15.7 Å². The number of esters is 1. The number of nitrogens with zero attached hydrogens (tertiary/aromatic N) is 2. The molecule has 2 aromatic rings. The van der Waals surface area contributed by atoms with E-state index in [1.54, 1.807) is 4.57 Å². The second-order valence-electron chi connectivity index (χ2n) is 3.79. The lowest BCUT2D eigenvalue weighted by Crippen LogP contribution is -2.07. The summed E-state index contributed by atoms with van der Waals surface area (Å²) in [6, 6.07) is 5.84. The maximum absolute atomic E-state index is 11.4. The van der Waals surface area contributed by atoms with Crippen LogP contribution in [0, 0.1) is 6.92 Å². The van der Waals surface area contributed by atoms with Crippen LogP contribution in [0.2, 0.25) is 0 Å². The topological polar surface area (TPSA) is 70.1 Å². The van der Waals surface area contributed by atoms with E-state index in [2.05, 4.69) is 25.7 Å². The van der Waals surface area contributed by atoms with Gasteiger partial charge < -0.3 is 10.5 Å². The number of anilines is 1. The molecule has 5 nitrogen and oxygen atoms in total. The Labute approximate surface area is 113 Å². The first kappa shape index (κ1) is 12.6. The molecule has 0 aliphatic carbocycles. The maximum atomic E-state index is 11.4. The lowest BCUT2D eigenvalue weighted by molar-refractivity contribution is 0.0596. The first-order valence-corrected chi connectivity index (χ1v) is 6.01. The van der Waals surface area contributed by atoms with Gasteiger partial charge in [0.05, 0.1) is 12.8 Å². The largest absolute Gasteiger partial charge is 0.464 e. The molecule has 0 spiro atoms. The zero-order chi connectivity index (χ0) is 13.3. The molecule has 0 atom stereocenters. The molecule has 2 N–H and O–H groups in total. The lowest BCUT2D eigenvalue weighted by atomic mass is 10.2. The van der Waals surface area contributed by atoms with Gasteiger partial charge in [-0.1, -0.05) is 6.07 Å². The number of imidazole rings is 1. The standard InChI is InChI=1S/C12H12BrN3O2/c1-7-3-4-8(13)9(5-7)16-6-15-10(11(16)14)12(17)18-2/h3-6H,14H2,1-2H3. The van der Waals surface area contributed by atoms with E-state index in [4.69, 9.17) is 5.73 Å². The van der Waals surface area contributed by atoms with Crippen LogP contribution in [0.4, 0.5) is 5.82 Å². The van der Waals surface area contributed by atoms with Gasteiger partial charge in [0, 0.05) is 4.47 Å². The minimum Gasteiger partial charge on any atom is -0.464 e. The van der Waals surface area contributed by atoms with E-state index in [1.165, 1.54) is 13.4 Å². The minimum atomic E-state index is -0.546. The van der Waals surface area contributed by atoms with Crippen molar-refractivity contribution in [2.75, 3.05) is 12.8 Å². The number of hydrogen-bond donors (Lipinski definition) is 1. The highest BCUT2D eigenvalue weighted by atomic mass is 79.9. The van der Waals surface area contributed by atoms with Crippen molar-refractivity contribution < 1.29 is 9.53 Å². The Morgan fingerprint density at radius 3 is 2.89 bits per heavy atom. The van der Waals surface area contributed by atoms with Crippen molar-refractivity contribution >= 4 is 27.7 Å². The van der Waals surface area contributed by atoms with Crippen molar-refractivity contribution in [3.8, 4) is 5.69 Å². The number of rotatable bonds is 2. The maximum Gasteiger partial charge on any atom is 0.360 e. The average molecular weight is 310 g/mol. The normalized spacial score (nSPS) is 10.4. The molecule has 1 aromatic carbocycles. The number of halogens is 1. The highest BCUT2D eigenvalue weighted by Crippen LogP contribution is 2.26. The molecule has 0 amide bonds. The van der Waals surface area contributed by atoms with Crippen molar-refractivity contribution in [2.24, 2.45) is 0 Å². The Hall–Kier alpha value is -1.82. The number of nitrogens with two attached hydrogens (primary N) is 1. The Morgan fingerprint density at radius 2 is 2.22 bits per heavy atom. The number of aryl methyl sites for hydroxylation is 1. The highest BCUT2D eigenvalue weighted by Gasteiger charge is 2.17. The fourth-order valence-electron chi connectivity index (χ4n) is 1.61. The fraction of sp³-hybridized carbons (Fsp3) is 0.167. The summed E-state index contributed by atoms with van der Waals surface area (Å²) < 4.78 is 7.13. The zero-order valence-electron chi connectivity index (χ0n) is 9.98. The van der Waals surface area contributed by atoms with Gasteiger partial charge in [-0.2, -0.15) is 0 Å². The number of benzene rings is 1. The quantitative estimate of drug-likeness (QED) is 0.864. The summed E-state index contributed by atoms with van der Waals surface area (Å²) >= 11 is 3.44. The van der Waals surface area contributed by atoms with Gasteiger partial charge in [-0.3, -0.25) is 4.57 Å². The van der Waals surface area contributed by atoms with Gasteiger partial charge >= 0.3 is 5.97 Å². The highest BCUT2D eigenvalue weighted by molar-refractivity contribution is 9.10. The summed E-state index contributed by atoms with van der Waals surface area (Å²) in [5.74, 6) is -0.289. The number of carbonyl (C=O) groups is 1. The molecule has 0 aliphatic heterocycles. The van der Waals surface area contributed by atoms with Crippen LogP contribution in [0.25, 0.3) is 5.69 Å². The van der Waals surface area contributed by atoms with Gasteiger partial charge in [0.1, 0.15) is 12.1 Å². The second kappa shape index (κ2) is 4.81. The molecule has 0 saturated heterocycles. The first-order valence-electron chi connectivity index (χ1n) is 5.22. The monoisotopic (exact) mass is 309 g/mol. The molecule has 0 saturated carbocycles. The van der Waals surface area contributed by atoms with Crippen LogP contribution in [0.1, 0.15) is 16.1 Å². The molecule has 18 heavy (non-hydrogen) atoms. The number of aromatic nitrogens is 2. The van der Waals surface area contributed by atoms with Crippen LogP contribution in [-0.2, 0) is 4.74 Å². The van der Waals surface area contributed by atoms with E-state index < -0.39 is 5.97 Å². The molecule has 94 valence electrons. The van der Waals surface area contributed by atoms with Crippen molar-refractivity contribution in [1.82, 2.24) is 9.55 Å². The first-order chi connectivity index (χ1) is 8.54. The number of ether oxygens (including phenoxy) is 1. The summed E-state index contributed by atoms with van der Waals surface area (Å²) in [7, 11) is 1.30. The van der Waals surface area contributed by atoms with Crippen LogP contribution in [0.15, 0.2) is 29.0 Å². The fourth-order valence-corrected chi connectivity index (χ4v) is 2.05. The second-order valence-corrected chi connectivity index (χ2v) is 4.65. The molecule has 0 radical (unpaired) electrons. The summed E-state index contributed by atoms with van der Waals surface area (Å²) in [6.07, 6.45) is 1.50. The molecule has 0 unspecified atom stereocenters. The average Bonchev–Trinajstić information content (AvgIpc) is 2.73. The molecule has 2 rings (SSSR count). The van der Waals surface area contributed by atoms with Crippen LogP contribution >= 0.6 is 15.9 Å². The molecule has 0 bridgehead atoms. The van der Waals surface area contributed by atoms with Crippen LogP contribution < -0.4 is 5.73 Å². The molecule has 6 heteroatoms. The predicted molar refractivity (Wildman–Crippen MR) is 71.8 cm³/mol. The van der Waals surface area contributed by atoms with E-state index in [-0.39, 0.29) is 11.5 Å². The zero-order valence-corrected chi connectivity index (χ0v) is 11.6. The Kier molecular flexibility index (Phi) is 3.38. The van der Waals surface area contributed by atoms with Gasteiger partial charge in [-0.05, 0) is 40.5 Å². The molecule has 0 aliphatic rings. The van der Waals surface area contributed by atoms with Crippen molar-refractivity contribution in [3.05, 3.63) is 40.3 Å². The van der Waals surface area contributed by atoms with E-state index in [1.807, 2.05) is 25.1 Å². The van der Waals surface area contributed by atoms with Crippen LogP contribution in [0.5, 0.6) is 0 Å². The van der Waals surface area contributed by atoms with E-state index in [9.17, 15) is 4.79 Å². The smallest absolute Gasteiger partial charge is 0.360 e. The van der Waals surface area contributed by atoms with Crippen molar-refractivity contribution in [3.63, 3.8) is 0 Å². The van der Waals surface area contributed by atoms with Crippen molar-refractivity contribution in [1.29, 1.82) is 0 Å². The van der Waals surface area contributed by atoms with Gasteiger partial charge in [-0.25, -0.2) is 9.78 Å². The summed E-state index contributed by atoms with van der Waals surface area (Å²) in [6.45, 7) is 1.98. The number of hydrogen-bond acceptors (Lipinski definition) is 4. The lowest BCUT2D eigenvalue weighted by Gasteiger charge is -2.08. The number of carbonyl (C=O) groups excluding carboxylic acids is 1. The SMILES string of the molecule is COC(=O)c1ncn(-c2cc(C)ccc2Br)c1N. The van der Waals surface area contributed by atoms with Gasteiger partial charge in [0.2, 0.25) is 0 Å². The molecular formula is C12H12BrN3O2. The van der Waals surface area contributed by atoms with Gasteiger partial charge in [-0.15, -0.1) is 0 Å². The third-order valence-corrected chi connectivity index (χ3v) is 3.21. The summed E-state index contributed by atoms with van der Waals surface area (Å²) in [4.78, 5) is 15.4. The third kappa shape index (κ3) is 2.11. The number of nitrogen functional groups attached to an aromatic ring is 1. The molecular weight excluding hydrogens is 298 g/mol. The van der Waals surface area contributed by atoms with E-state index in [0.29, 0.717) is 0 Å². The molecule has 1 aromatic heterocycles. The summed E-state index contributed by atoms with van der Waals surface area (Å²) in [5.41, 5.74) is 7.94. The Balaban J connectivity index is 2.55.